The topological polar surface area (TPSA) is 27.1 Å². The van der Waals surface area contributed by atoms with Crippen LogP contribution in [0.15, 0.2) is 65.8 Å². The second-order valence-corrected chi connectivity index (χ2v) is 6.69. The van der Waals surface area contributed by atoms with E-state index in [4.69, 9.17) is 5.41 Å². The molecule has 1 N–H and O–H groups in total. The van der Waals surface area contributed by atoms with E-state index in [0.29, 0.717) is 5.71 Å². The molecule has 0 amide bonds. The summed E-state index contributed by atoms with van der Waals surface area (Å²) >= 11 is 0. The summed E-state index contributed by atoms with van der Waals surface area (Å²) in [6.45, 7) is 4.34. The van der Waals surface area contributed by atoms with Crippen molar-refractivity contribution in [2.45, 2.75) is 20.3 Å². The van der Waals surface area contributed by atoms with Crippen LogP contribution in [-0.2, 0) is 0 Å². The van der Waals surface area contributed by atoms with Gasteiger partial charge in [-0.2, -0.15) is 0 Å². The summed E-state index contributed by atoms with van der Waals surface area (Å²) in [4.78, 5) is 2.09. The Kier molecular flexibility index (Phi) is 4.39. The van der Waals surface area contributed by atoms with Gasteiger partial charge in [-0.3, -0.25) is 5.41 Å². The Bertz CT molecular complexity index is 840. The average Bonchev–Trinajstić information content (AvgIpc) is 2.92. The summed E-state index contributed by atoms with van der Waals surface area (Å²) in [6, 6.07) is 16.4. The lowest BCUT2D eigenvalue weighted by Crippen LogP contribution is -2.12. The SMILES string of the molecule is CC1=CC(C)=C(c2ccc(N(C)C)cc2C(=N)c2ccccc2)C1. The molecule has 0 unspecified atom stereocenters. The number of rotatable bonds is 4. The van der Waals surface area contributed by atoms with Crippen molar-refractivity contribution in [3.8, 4) is 0 Å². The van der Waals surface area contributed by atoms with Gasteiger partial charge in [0, 0.05) is 30.9 Å². The first-order valence-electron chi connectivity index (χ1n) is 8.30. The number of nitrogens with one attached hydrogen (secondary N) is 1. The fourth-order valence-corrected chi connectivity index (χ4v) is 3.27. The van der Waals surface area contributed by atoms with Crippen molar-refractivity contribution < 1.29 is 0 Å². The van der Waals surface area contributed by atoms with Gasteiger partial charge >= 0.3 is 0 Å². The molecular weight excluding hydrogens is 292 g/mol. The van der Waals surface area contributed by atoms with E-state index in [2.05, 4.69) is 43.0 Å². The third-order valence-electron chi connectivity index (χ3n) is 4.57. The lowest BCUT2D eigenvalue weighted by atomic mass is 9.90. The van der Waals surface area contributed by atoms with E-state index in [1.165, 1.54) is 22.3 Å². The van der Waals surface area contributed by atoms with E-state index in [9.17, 15) is 0 Å². The first-order valence-corrected chi connectivity index (χ1v) is 8.30. The molecule has 122 valence electrons. The second-order valence-electron chi connectivity index (χ2n) is 6.69. The highest BCUT2D eigenvalue weighted by Crippen LogP contribution is 2.36. The van der Waals surface area contributed by atoms with Gasteiger partial charge in [0.25, 0.3) is 0 Å². The van der Waals surface area contributed by atoms with E-state index in [1.54, 1.807) is 0 Å². The molecule has 0 heterocycles. The van der Waals surface area contributed by atoms with Crippen molar-refractivity contribution in [3.63, 3.8) is 0 Å². The quantitative estimate of drug-likeness (QED) is 0.762. The summed E-state index contributed by atoms with van der Waals surface area (Å²) in [6.07, 6.45) is 3.23. The van der Waals surface area contributed by atoms with Crippen LogP contribution in [0.4, 0.5) is 5.69 Å². The standard InChI is InChI=1S/C22H24N2/c1-15-12-16(2)20(13-15)19-11-10-18(24(3)4)14-21(19)22(23)17-8-6-5-7-9-17/h5-12,14,23H,13H2,1-4H3. The summed E-state index contributed by atoms with van der Waals surface area (Å²) in [5.41, 5.74) is 8.88. The number of benzene rings is 2. The molecule has 0 radical (unpaired) electrons. The third kappa shape index (κ3) is 3.05. The highest BCUT2D eigenvalue weighted by Gasteiger charge is 2.19. The maximum atomic E-state index is 8.77. The fourth-order valence-electron chi connectivity index (χ4n) is 3.27. The van der Waals surface area contributed by atoms with E-state index >= 15 is 0 Å². The molecule has 0 atom stereocenters. The van der Waals surface area contributed by atoms with Crippen molar-refractivity contribution in [2.75, 3.05) is 19.0 Å². The predicted molar refractivity (Wildman–Crippen MR) is 104 cm³/mol. The van der Waals surface area contributed by atoms with Crippen LogP contribution in [-0.4, -0.2) is 19.8 Å². The molecule has 0 bridgehead atoms. The minimum absolute atomic E-state index is 0.583. The number of anilines is 1. The zero-order chi connectivity index (χ0) is 17.3. The van der Waals surface area contributed by atoms with Crippen molar-refractivity contribution in [2.24, 2.45) is 0 Å². The molecule has 2 aromatic carbocycles. The molecule has 1 aliphatic rings. The van der Waals surface area contributed by atoms with Crippen LogP contribution in [0.25, 0.3) is 5.57 Å². The third-order valence-corrected chi connectivity index (χ3v) is 4.57. The highest BCUT2D eigenvalue weighted by atomic mass is 15.1. The molecule has 2 heteroatoms. The molecular formula is C22H24N2. The van der Waals surface area contributed by atoms with E-state index in [-0.39, 0.29) is 0 Å². The molecule has 0 aliphatic heterocycles. The molecule has 0 spiro atoms. The van der Waals surface area contributed by atoms with Crippen LogP contribution in [0.1, 0.15) is 37.0 Å². The number of hydrogen-bond donors (Lipinski definition) is 1. The van der Waals surface area contributed by atoms with Crippen molar-refractivity contribution >= 4 is 17.0 Å². The van der Waals surface area contributed by atoms with Crippen molar-refractivity contribution in [3.05, 3.63) is 82.4 Å². The molecule has 0 aromatic heterocycles. The van der Waals surface area contributed by atoms with Gasteiger partial charge in [-0.05, 0) is 49.1 Å². The zero-order valence-corrected chi connectivity index (χ0v) is 14.9. The Morgan fingerprint density at radius 1 is 1.00 bits per heavy atom. The first-order chi connectivity index (χ1) is 11.5. The van der Waals surface area contributed by atoms with E-state index in [0.717, 1.165) is 23.2 Å². The monoisotopic (exact) mass is 316 g/mol. The Morgan fingerprint density at radius 2 is 1.71 bits per heavy atom. The van der Waals surface area contributed by atoms with Crippen molar-refractivity contribution in [1.82, 2.24) is 0 Å². The lowest BCUT2D eigenvalue weighted by Gasteiger charge is -2.19. The molecule has 2 nitrogen and oxygen atoms in total. The summed E-state index contributed by atoms with van der Waals surface area (Å²) in [7, 11) is 4.08. The molecule has 2 aromatic rings. The number of nitrogens with zero attached hydrogens (tertiary/aromatic N) is 1. The summed E-state index contributed by atoms with van der Waals surface area (Å²) in [5.74, 6) is 0. The van der Waals surface area contributed by atoms with Gasteiger partial charge in [0.05, 0.1) is 5.71 Å². The highest BCUT2D eigenvalue weighted by molar-refractivity contribution is 6.14. The molecule has 0 saturated heterocycles. The van der Waals surface area contributed by atoms with Gasteiger partial charge in [0.2, 0.25) is 0 Å². The van der Waals surface area contributed by atoms with Gasteiger partial charge in [-0.15, -0.1) is 0 Å². The normalized spacial score (nSPS) is 13.9. The van der Waals surface area contributed by atoms with Crippen LogP contribution in [0.2, 0.25) is 0 Å². The van der Waals surface area contributed by atoms with Gasteiger partial charge in [0.1, 0.15) is 0 Å². The van der Waals surface area contributed by atoms with Gasteiger partial charge in [-0.25, -0.2) is 0 Å². The Hall–Kier alpha value is -2.61. The van der Waals surface area contributed by atoms with Gasteiger partial charge in [-0.1, -0.05) is 48.0 Å². The second kappa shape index (κ2) is 6.48. The van der Waals surface area contributed by atoms with Crippen molar-refractivity contribution in [1.29, 1.82) is 5.41 Å². The summed E-state index contributed by atoms with van der Waals surface area (Å²) in [5, 5.41) is 8.77. The predicted octanol–water partition coefficient (Wildman–Crippen LogP) is 5.29. The Balaban J connectivity index is 2.13. The Morgan fingerprint density at radius 3 is 2.29 bits per heavy atom. The summed E-state index contributed by atoms with van der Waals surface area (Å²) < 4.78 is 0. The largest absolute Gasteiger partial charge is 0.378 e. The smallest absolute Gasteiger partial charge is 0.0691 e. The van der Waals surface area contributed by atoms with Crippen LogP contribution in [0.5, 0.6) is 0 Å². The fraction of sp³-hybridized carbons (Fsp3) is 0.227. The first kappa shape index (κ1) is 16.3. The molecule has 3 rings (SSSR count). The lowest BCUT2D eigenvalue weighted by molar-refractivity contribution is 1.13. The molecule has 0 saturated carbocycles. The maximum absolute atomic E-state index is 8.77. The van der Waals surface area contributed by atoms with Crippen LogP contribution in [0.3, 0.4) is 0 Å². The van der Waals surface area contributed by atoms with Gasteiger partial charge < -0.3 is 4.90 Å². The Labute approximate surface area is 144 Å². The molecule has 1 aliphatic carbocycles. The minimum atomic E-state index is 0.583. The van der Waals surface area contributed by atoms with E-state index in [1.807, 2.05) is 44.4 Å². The number of allylic oxidation sites excluding steroid dienone is 4. The van der Waals surface area contributed by atoms with Crippen LogP contribution >= 0.6 is 0 Å². The average molecular weight is 316 g/mol. The van der Waals surface area contributed by atoms with Crippen LogP contribution in [0, 0.1) is 5.41 Å². The minimum Gasteiger partial charge on any atom is -0.378 e. The van der Waals surface area contributed by atoms with Gasteiger partial charge in [0.15, 0.2) is 0 Å². The molecule has 24 heavy (non-hydrogen) atoms. The zero-order valence-electron chi connectivity index (χ0n) is 14.9. The molecule has 0 fully saturated rings. The van der Waals surface area contributed by atoms with Crippen LogP contribution < -0.4 is 4.90 Å². The number of hydrogen-bond acceptors (Lipinski definition) is 2. The van der Waals surface area contributed by atoms with E-state index < -0.39 is 0 Å². The maximum Gasteiger partial charge on any atom is 0.0691 e.